The fourth-order valence-corrected chi connectivity index (χ4v) is 1.77. The van der Waals surface area contributed by atoms with Gasteiger partial charge in [0.2, 0.25) is 0 Å². The van der Waals surface area contributed by atoms with Crippen molar-refractivity contribution in [3.05, 3.63) is 42.5 Å². The first-order valence-corrected chi connectivity index (χ1v) is 6.76. The van der Waals surface area contributed by atoms with Crippen LogP contribution in [0.5, 0.6) is 5.75 Å². The Morgan fingerprint density at radius 3 is 2.63 bits per heavy atom. The van der Waals surface area contributed by atoms with Crippen LogP contribution < -0.4 is 4.74 Å². The van der Waals surface area contributed by atoms with Crippen LogP contribution in [0.25, 0.3) is 0 Å². The molecule has 0 aliphatic heterocycles. The van der Waals surface area contributed by atoms with E-state index in [1.54, 1.807) is 7.11 Å². The predicted molar refractivity (Wildman–Crippen MR) is 77.3 cm³/mol. The highest BCUT2D eigenvalue weighted by Gasteiger charge is 2.03. The van der Waals surface area contributed by atoms with E-state index in [0.29, 0.717) is 19.6 Å². The monoisotopic (exact) mass is 264 g/mol. The van der Waals surface area contributed by atoms with Crippen LogP contribution in [-0.4, -0.2) is 24.9 Å². The van der Waals surface area contributed by atoms with Gasteiger partial charge in [-0.25, -0.2) is 0 Å². The molecule has 1 atom stereocenters. The normalized spacial score (nSPS) is 12.1. The smallest absolute Gasteiger partial charge is 0.118 e. The quantitative estimate of drug-likeness (QED) is 0.520. The Kier molecular flexibility index (Phi) is 7.94. The first kappa shape index (κ1) is 15.7. The molecule has 0 bridgehead atoms. The minimum Gasteiger partial charge on any atom is -0.497 e. The average Bonchev–Trinajstić information content (AvgIpc) is 2.44. The molecule has 0 aliphatic carbocycles. The Bertz CT molecular complexity index is 346. The summed E-state index contributed by atoms with van der Waals surface area (Å²) in [4.78, 5) is 0. The SMILES string of the molecule is C=CCCCC(O)CCOCc1ccc(OC)cc1. The zero-order valence-electron chi connectivity index (χ0n) is 11.7. The lowest BCUT2D eigenvalue weighted by Gasteiger charge is -2.10. The third-order valence-corrected chi connectivity index (χ3v) is 2.97. The minimum absolute atomic E-state index is 0.268. The summed E-state index contributed by atoms with van der Waals surface area (Å²) < 4.78 is 10.6. The molecule has 1 unspecified atom stereocenters. The zero-order chi connectivity index (χ0) is 13.9. The second-order valence-corrected chi connectivity index (χ2v) is 4.56. The van der Waals surface area contributed by atoms with Crippen LogP contribution in [0.4, 0.5) is 0 Å². The van der Waals surface area contributed by atoms with Crippen molar-refractivity contribution in [2.75, 3.05) is 13.7 Å². The topological polar surface area (TPSA) is 38.7 Å². The van der Waals surface area contributed by atoms with E-state index in [1.165, 1.54) is 0 Å². The number of aliphatic hydroxyl groups is 1. The van der Waals surface area contributed by atoms with Gasteiger partial charge >= 0.3 is 0 Å². The van der Waals surface area contributed by atoms with E-state index in [2.05, 4.69) is 6.58 Å². The number of methoxy groups -OCH3 is 1. The molecule has 0 aliphatic rings. The molecule has 0 amide bonds. The third kappa shape index (κ3) is 6.99. The molecule has 0 fully saturated rings. The fourth-order valence-electron chi connectivity index (χ4n) is 1.77. The van der Waals surface area contributed by atoms with Gasteiger partial charge in [-0.1, -0.05) is 18.2 Å². The molecule has 19 heavy (non-hydrogen) atoms. The van der Waals surface area contributed by atoms with Crippen LogP contribution in [0.1, 0.15) is 31.2 Å². The van der Waals surface area contributed by atoms with E-state index < -0.39 is 0 Å². The average molecular weight is 264 g/mol. The van der Waals surface area contributed by atoms with Gasteiger partial charge in [-0.3, -0.25) is 0 Å². The molecule has 106 valence electrons. The maximum absolute atomic E-state index is 9.71. The van der Waals surface area contributed by atoms with Crippen LogP contribution in [0, 0.1) is 0 Å². The van der Waals surface area contributed by atoms with Crippen LogP contribution in [0.3, 0.4) is 0 Å². The molecule has 0 radical (unpaired) electrons. The fraction of sp³-hybridized carbons (Fsp3) is 0.500. The summed E-state index contributed by atoms with van der Waals surface area (Å²) in [5.41, 5.74) is 1.11. The van der Waals surface area contributed by atoms with Crippen molar-refractivity contribution in [3.8, 4) is 5.75 Å². The van der Waals surface area contributed by atoms with E-state index >= 15 is 0 Å². The maximum Gasteiger partial charge on any atom is 0.118 e. The first-order valence-electron chi connectivity index (χ1n) is 6.76. The molecular formula is C16H24O3. The van der Waals surface area contributed by atoms with Crippen LogP contribution in [-0.2, 0) is 11.3 Å². The molecule has 0 saturated carbocycles. The third-order valence-electron chi connectivity index (χ3n) is 2.97. The van der Waals surface area contributed by atoms with Gasteiger partial charge in [-0.2, -0.15) is 0 Å². The summed E-state index contributed by atoms with van der Waals surface area (Å²) >= 11 is 0. The van der Waals surface area contributed by atoms with Crippen LogP contribution >= 0.6 is 0 Å². The first-order chi connectivity index (χ1) is 9.26. The van der Waals surface area contributed by atoms with E-state index in [9.17, 15) is 5.11 Å². The molecule has 1 aromatic rings. The van der Waals surface area contributed by atoms with Gasteiger partial charge in [0.15, 0.2) is 0 Å². The summed E-state index contributed by atoms with van der Waals surface area (Å²) in [5.74, 6) is 0.849. The van der Waals surface area contributed by atoms with Crippen molar-refractivity contribution in [1.29, 1.82) is 0 Å². The van der Waals surface area contributed by atoms with Crippen molar-refractivity contribution < 1.29 is 14.6 Å². The van der Waals surface area contributed by atoms with Gasteiger partial charge < -0.3 is 14.6 Å². The van der Waals surface area contributed by atoms with Crippen LogP contribution in [0.15, 0.2) is 36.9 Å². The number of benzene rings is 1. The molecule has 0 heterocycles. The number of rotatable bonds is 10. The highest BCUT2D eigenvalue weighted by atomic mass is 16.5. The highest BCUT2D eigenvalue weighted by Crippen LogP contribution is 2.12. The lowest BCUT2D eigenvalue weighted by molar-refractivity contribution is 0.0693. The largest absolute Gasteiger partial charge is 0.497 e. The lowest BCUT2D eigenvalue weighted by atomic mass is 10.1. The molecule has 0 spiro atoms. The molecule has 1 N–H and O–H groups in total. The van der Waals surface area contributed by atoms with Gasteiger partial charge in [-0.15, -0.1) is 6.58 Å². The number of hydrogen-bond acceptors (Lipinski definition) is 3. The zero-order valence-corrected chi connectivity index (χ0v) is 11.7. The number of hydrogen-bond donors (Lipinski definition) is 1. The van der Waals surface area contributed by atoms with Gasteiger partial charge in [0, 0.05) is 6.61 Å². The predicted octanol–water partition coefficient (Wildman–Crippen LogP) is 3.32. The Morgan fingerprint density at radius 2 is 2.00 bits per heavy atom. The van der Waals surface area contributed by atoms with E-state index in [4.69, 9.17) is 9.47 Å². The van der Waals surface area contributed by atoms with E-state index in [-0.39, 0.29) is 6.10 Å². The van der Waals surface area contributed by atoms with Crippen molar-refractivity contribution in [3.63, 3.8) is 0 Å². The summed E-state index contributed by atoms with van der Waals surface area (Å²) in [5, 5.41) is 9.71. The van der Waals surface area contributed by atoms with Gasteiger partial charge in [0.25, 0.3) is 0 Å². The summed E-state index contributed by atoms with van der Waals surface area (Å²) in [6.45, 7) is 4.82. The Balaban J connectivity index is 2.10. The molecule has 1 aromatic carbocycles. The van der Waals surface area contributed by atoms with Crippen molar-refractivity contribution in [1.82, 2.24) is 0 Å². The maximum atomic E-state index is 9.71. The van der Waals surface area contributed by atoms with E-state index in [0.717, 1.165) is 30.6 Å². The van der Waals surface area contributed by atoms with Crippen molar-refractivity contribution >= 4 is 0 Å². The molecular weight excluding hydrogens is 240 g/mol. The van der Waals surface area contributed by atoms with Crippen LogP contribution in [0.2, 0.25) is 0 Å². The van der Waals surface area contributed by atoms with Gasteiger partial charge in [0.05, 0.1) is 19.8 Å². The minimum atomic E-state index is -0.268. The van der Waals surface area contributed by atoms with Crippen molar-refractivity contribution in [2.24, 2.45) is 0 Å². The lowest BCUT2D eigenvalue weighted by Crippen LogP contribution is -2.10. The molecule has 3 heteroatoms. The summed E-state index contributed by atoms with van der Waals surface area (Å²) in [6.07, 6.45) is 5.07. The summed E-state index contributed by atoms with van der Waals surface area (Å²) in [6, 6.07) is 7.81. The second kappa shape index (κ2) is 9.59. The number of unbranched alkanes of at least 4 members (excludes halogenated alkanes) is 1. The number of aliphatic hydroxyl groups excluding tert-OH is 1. The number of ether oxygens (including phenoxy) is 2. The van der Waals surface area contributed by atoms with Gasteiger partial charge in [-0.05, 0) is 43.4 Å². The summed E-state index contributed by atoms with van der Waals surface area (Å²) in [7, 11) is 1.65. The second-order valence-electron chi connectivity index (χ2n) is 4.56. The Labute approximate surface area is 115 Å². The van der Waals surface area contributed by atoms with E-state index in [1.807, 2.05) is 30.3 Å². The van der Waals surface area contributed by atoms with Crippen molar-refractivity contribution in [2.45, 2.75) is 38.4 Å². The molecule has 3 nitrogen and oxygen atoms in total. The standard InChI is InChI=1S/C16H24O3/c1-3-4-5-6-15(17)11-12-19-13-14-7-9-16(18-2)10-8-14/h3,7-10,15,17H,1,4-6,11-13H2,2H3. The molecule has 0 saturated heterocycles. The molecule has 0 aromatic heterocycles. The Hall–Kier alpha value is -1.32. The number of allylic oxidation sites excluding steroid dienone is 1. The Morgan fingerprint density at radius 1 is 1.26 bits per heavy atom. The molecule has 1 rings (SSSR count). The van der Waals surface area contributed by atoms with Gasteiger partial charge in [0.1, 0.15) is 5.75 Å². The highest BCUT2D eigenvalue weighted by molar-refractivity contribution is 5.26.